The SMILES string of the molecule is CC(=O)OCc1cnc(-c2ccc(-c3noc(C(F)(F)F)n3)cc2)o1. The van der Waals surface area contributed by atoms with Crippen molar-refractivity contribution in [1.82, 2.24) is 15.1 Å². The fourth-order valence-electron chi connectivity index (χ4n) is 1.90. The molecule has 0 saturated heterocycles. The van der Waals surface area contributed by atoms with Gasteiger partial charge in [0.2, 0.25) is 11.7 Å². The topological polar surface area (TPSA) is 91.2 Å². The van der Waals surface area contributed by atoms with Crippen LogP contribution in [-0.2, 0) is 22.3 Å². The lowest BCUT2D eigenvalue weighted by molar-refractivity contribution is -0.159. The molecule has 10 heteroatoms. The number of hydrogen-bond acceptors (Lipinski definition) is 7. The van der Waals surface area contributed by atoms with Gasteiger partial charge < -0.3 is 13.7 Å². The molecule has 0 aliphatic rings. The Morgan fingerprint density at radius 3 is 2.48 bits per heavy atom. The number of alkyl halides is 3. The summed E-state index contributed by atoms with van der Waals surface area (Å²) in [6.45, 7) is 1.24. The van der Waals surface area contributed by atoms with Gasteiger partial charge in [-0.25, -0.2) is 4.98 Å². The van der Waals surface area contributed by atoms with Gasteiger partial charge in [-0.05, 0) is 12.1 Å². The molecule has 0 fully saturated rings. The summed E-state index contributed by atoms with van der Waals surface area (Å²) in [7, 11) is 0. The van der Waals surface area contributed by atoms with E-state index in [2.05, 4.69) is 19.6 Å². The maximum atomic E-state index is 12.5. The van der Waals surface area contributed by atoms with Crippen LogP contribution in [-0.4, -0.2) is 21.1 Å². The minimum atomic E-state index is -4.69. The third kappa shape index (κ3) is 3.84. The quantitative estimate of drug-likeness (QED) is 0.663. The van der Waals surface area contributed by atoms with Crippen LogP contribution in [0.25, 0.3) is 22.8 Å². The van der Waals surface area contributed by atoms with Gasteiger partial charge in [-0.3, -0.25) is 4.79 Å². The average Bonchev–Trinajstić information content (AvgIpc) is 3.22. The zero-order valence-electron chi connectivity index (χ0n) is 12.7. The van der Waals surface area contributed by atoms with E-state index in [9.17, 15) is 18.0 Å². The molecular weight excluding hydrogens is 343 g/mol. The molecule has 1 aromatic carbocycles. The van der Waals surface area contributed by atoms with E-state index in [-0.39, 0.29) is 18.3 Å². The van der Waals surface area contributed by atoms with Crippen LogP contribution < -0.4 is 0 Å². The Balaban J connectivity index is 1.76. The van der Waals surface area contributed by atoms with Crippen LogP contribution >= 0.6 is 0 Å². The zero-order chi connectivity index (χ0) is 18.0. The fourth-order valence-corrected chi connectivity index (χ4v) is 1.90. The molecule has 25 heavy (non-hydrogen) atoms. The number of oxazole rings is 1. The second-order valence-electron chi connectivity index (χ2n) is 4.91. The van der Waals surface area contributed by atoms with E-state index in [0.717, 1.165) is 0 Å². The first-order valence-corrected chi connectivity index (χ1v) is 6.93. The number of rotatable bonds is 4. The van der Waals surface area contributed by atoms with Gasteiger partial charge in [0.25, 0.3) is 0 Å². The van der Waals surface area contributed by atoms with E-state index in [0.29, 0.717) is 16.9 Å². The molecule has 0 amide bonds. The summed E-state index contributed by atoms with van der Waals surface area (Å²) in [6, 6.07) is 6.19. The standard InChI is InChI=1S/C15H10F3N3O4/c1-8(22)23-7-11-6-19-13(24-11)10-4-2-9(3-5-10)12-20-14(25-21-12)15(16,17)18/h2-6H,7H2,1H3. The molecule has 7 nitrogen and oxygen atoms in total. The predicted octanol–water partition coefficient (Wildman–Crippen LogP) is 3.47. The van der Waals surface area contributed by atoms with Crippen LogP contribution in [0.2, 0.25) is 0 Å². The second kappa shape index (κ2) is 6.38. The van der Waals surface area contributed by atoms with Gasteiger partial charge in [-0.2, -0.15) is 18.2 Å². The van der Waals surface area contributed by atoms with Gasteiger partial charge in [0.1, 0.15) is 0 Å². The molecule has 0 saturated carbocycles. The van der Waals surface area contributed by atoms with Gasteiger partial charge in [0.05, 0.1) is 6.20 Å². The van der Waals surface area contributed by atoms with Crippen LogP contribution in [0.1, 0.15) is 18.6 Å². The van der Waals surface area contributed by atoms with E-state index in [1.54, 1.807) is 12.1 Å². The summed E-state index contributed by atoms with van der Waals surface area (Å²) in [6.07, 6.45) is -3.28. The van der Waals surface area contributed by atoms with Crippen LogP contribution in [0.4, 0.5) is 13.2 Å². The summed E-state index contributed by atoms with van der Waals surface area (Å²) in [5.41, 5.74) is 0.923. The maximum Gasteiger partial charge on any atom is 0.471 e. The molecule has 0 aliphatic heterocycles. The molecule has 2 heterocycles. The molecule has 0 radical (unpaired) electrons. The molecular formula is C15H10F3N3O4. The molecule has 130 valence electrons. The number of nitrogens with zero attached hydrogens (tertiary/aromatic N) is 3. The number of carbonyl (C=O) groups excluding carboxylic acids is 1. The van der Waals surface area contributed by atoms with Crippen LogP contribution in [0.3, 0.4) is 0 Å². The van der Waals surface area contributed by atoms with Gasteiger partial charge in [0, 0.05) is 18.1 Å². The number of esters is 1. The Morgan fingerprint density at radius 1 is 1.20 bits per heavy atom. The highest BCUT2D eigenvalue weighted by molar-refractivity contribution is 5.66. The first-order chi connectivity index (χ1) is 11.8. The molecule has 2 aromatic heterocycles. The summed E-state index contributed by atoms with van der Waals surface area (Å²) in [4.78, 5) is 18.1. The summed E-state index contributed by atoms with van der Waals surface area (Å²) in [5, 5.41) is 3.31. The molecule has 0 spiro atoms. The summed E-state index contributed by atoms with van der Waals surface area (Å²) < 4.78 is 51.8. The third-order valence-corrected chi connectivity index (χ3v) is 3.03. The predicted molar refractivity (Wildman–Crippen MR) is 75.7 cm³/mol. The minimum Gasteiger partial charge on any atom is -0.458 e. The molecule has 0 bridgehead atoms. The second-order valence-corrected chi connectivity index (χ2v) is 4.91. The Hall–Kier alpha value is -3.17. The highest BCUT2D eigenvalue weighted by Crippen LogP contribution is 2.30. The highest BCUT2D eigenvalue weighted by atomic mass is 19.4. The lowest BCUT2D eigenvalue weighted by atomic mass is 10.1. The Bertz CT molecular complexity index is 884. The van der Waals surface area contributed by atoms with Crippen molar-refractivity contribution >= 4 is 5.97 Å². The monoisotopic (exact) mass is 353 g/mol. The molecule has 0 N–H and O–H groups in total. The fraction of sp³-hybridized carbons (Fsp3) is 0.200. The first kappa shape index (κ1) is 16.7. The van der Waals surface area contributed by atoms with Crippen molar-refractivity contribution in [3.63, 3.8) is 0 Å². The average molecular weight is 353 g/mol. The van der Waals surface area contributed by atoms with Gasteiger partial charge in [-0.15, -0.1) is 0 Å². The number of hydrogen-bond donors (Lipinski definition) is 0. The van der Waals surface area contributed by atoms with Crippen molar-refractivity contribution in [3.05, 3.63) is 42.1 Å². The summed E-state index contributed by atoms with van der Waals surface area (Å²) in [5.74, 6) is -1.39. The molecule has 0 aliphatic carbocycles. The Morgan fingerprint density at radius 2 is 1.88 bits per heavy atom. The molecule has 0 atom stereocenters. The largest absolute Gasteiger partial charge is 0.471 e. The van der Waals surface area contributed by atoms with E-state index in [4.69, 9.17) is 9.15 Å². The molecule has 3 rings (SSSR count). The third-order valence-electron chi connectivity index (χ3n) is 3.03. The Labute approximate surface area is 138 Å². The number of benzene rings is 1. The highest BCUT2D eigenvalue weighted by Gasteiger charge is 2.38. The molecule has 3 aromatic rings. The smallest absolute Gasteiger partial charge is 0.458 e. The number of halogens is 3. The van der Waals surface area contributed by atoms with Crippen molar-refractivity contribution in [2.75, 3.05) is 0 Å². The van der Waals surface area contributed by atoms with Crippen molar-refractivity contribution < 1.29 is 31.6 Å². The number of carbonyl (C=O) groups is 1. The summed E-state index contributed by atoms with van der Waals surface area (Å²) >= 11 is 0. The van der Waals surface area contributed by atoms with E-state index < -0.39 is 18.0 Å². The van der Waals surface area contributed by atoms with Crippen LogP contribution in [0.5, 0.6) is 0 Å². The van der Waals surface area contributed by atoms with Gasteiger partial charge in [0.15, 0.2) is 12.4 Å². The number of ether oxygens (including phenoxy) is 1. The first-order valence-electron chi connectivity index (χ1n) is 6.93. The lowest BCUT2D eigenvalue weighted by Gasteiger charge is -1.99. The van der Waals surface area contributed by atoms with Crippen molar-refractivity contribution in [2.24, 2.45) is 0 Å². The zero-order valence-corrected chi connectivity index (χ0v) is 12.7. The molecule has 0 unspecified atom stereocenters. The lowest BCUT2D eigenvalue weighted by Crippen LogP contribution is -2.04. The minimum absolute atomic E-state index is 0.0382. The van der Waals surface area contributed by atoms with E-state index in [1.165, 1.54) is 25.3 Å². The maximum absolute atomic E-state index is 12.5. The van der Waals surface area contributed by atoms with Gasteiger partial charge >= 0.3 is 18.0 Å². The van der Waals surface area contributed by atoms with Crippen molar-refractivity contribution in [1.29, 1.82) is 0 Å². The number of aromatic nitrogens is 3. The van der Waals surface area contributed by atoms with Crippen LogP contribution in [0, 0.1) is 0 Å². The Kier molecular flexibility index (Phi) is 4.26. The van der Waals surface area contributed by atoms with Crippen molar-refractivity contribution in [3.8, 4) is 22.8 Å². The van der Waals surface area contributed by atoms with Crippen molar-refractivity contribution in [2.45, 2.75) is 19.7 Å². The van der Waals surface area contributed by atoms with E-state index >= 15 is 0 Å². The van der Waals surface area contributed by atoms with Gasteiger partial charge in [-0.1, -0.05) is 17.3 Å². The van der Waals surface area contributed by atoms with Crippen LogP contribution in [0.15, 0.2) is 39.4 Å². The normalized spacial score (nSPS) is 11.5. The van der Waals surface area contributed by atoms with E-state index in [1.807, 2.05) is 0 Å².